The van der Waals surface area contributed by atoms with Gasteiger partial charge in [-0.25, -0.2) is 0 Å². The van der Waals surface area contributed by atoms with E-state index in [1.54, 1.807) is 0 Å². The second kappa shape index (κ2) is 6.50. The van der Waals surface area contributed by atoms with Crippen molar-refractivity contribution in [1.29, 1.82) is 0 Å². The van der Waals surface area contributed by atoms with Crippen LogP contribution in [0.3, 0.4) is 0 Å². The Bertz CT molecular complexity index is 624. The molecule has 1 heterocycles. The van der Waals surface area contributed by atoms with Gasteiger partial charge in [0.15, 0.2) is 0 Å². The maximum Gasteiger partial charge on any atom is 0.0418 e. The Morgan fingerprint density at radius 2 is 2.10 bits per heavy atom. The first-order valence-corrected chi connectivity index (χ1v) is 7.95. The number of nitrogens with one attached hydrogen (secondary N) is 2. The molecular weight excluding hydrogens is 280 g/mol. The molecule has 110 valence electrons. The van der Waals surface area contributed by atoms with Crippen LogP contribution in [-0.2, 0) is 13.0 Å². The average Bonchev–Trinajstić information content (AvgIpc) is 2.52. The number of rotatable bonds is 4. The molecule has 2 N–H and O–H groups in total. The monoisotopic (exact) mass is 300 g/mol. The van der Waals surface area contributed by atoms with Crippen molar-refractivity contribution in [3.05, 3.63) is 64.2 Å². The van der Waals surface area contributed by atoms with Crippen molar-refractivity contribution in [3.8, 4) is 0 Å². The normalized spacial score (nSPS) is 15.1. The van der Waals surface area contributed by atoms with E-state index >= 15 is 0 Å². The number of benzene rings is 2. The van der Waals surface area contributed by atoms with E-state index < -0.39 is 0 Å². The van der Waals surface area contributed by atoms with E-state index in [1.807, 2.05) is 18.2 Å². The van der Waals surface area contributed by atoms with Gasteiger partial charge in [0.05, 0.1) is 0 Å². The van der Waals surface area contributed by atoms with Crippen LogP contribution in [0.15, 0.2) is 42.5 Å². The Morgan fingerprint density at radius 1 is 1.24 bits per heavy atom. The molecule has 3 rings (SSSR count). The van der Waals surface area contributed by atoms with Crippen LogP contribution in [0.4, 0.5) is 5.69 Å². The number of hydrogen-bond acceptors (Lipinski definition) is 2. The van der Waals surface area contributed by atoms with Gasteiger partial charge in [0, 0.05) is 29.8 Å². The van der Waals surface area contributed by atoms with E-state index in [2.05, 4.69) is 41.8 Å². The highest BCUT2D eigenvalue weighted by molar-refractivity contribution is 6.30. The lowest BCUT2D eigenvalue weighted by Crippen LogP contribution is -2.21. The standard InChI is InChI=1S/C18H21ClN2/c1-13(15-6-3-9-17(19)11-15)21-12-16-7-2-5-14-8-4-10-20-18(14)16/h2-3,5-7,9,11,13,20-21H,4,8,10,12H2,1H3/t13-/m0/s1. The van der Waals surface area contributed by atoms with Crippen LogP contribution in [0, 0.1) is 0 Å². The molecule has 2 nitrogen and oxygen atoms in total. The minimum Gasteiger partial charge on any atom is -0.385 e. The van der Waals surface area contributed by atoms with Gasteiger partial charge < -0.3 is 10.6 Å². The van der Waals surface area contributed by atoms with Crippen LogP contribution in [0.1, 0.15) is 36.1 Å². The van der Waals surface area contributed by atoms with Crippen molar-refractivity contribution in [2.75, 3.05) is 11.9 Å². The summed E-state index contributed by atoms with van der Waals surface area (Å²) in [6.45, 7) is 4.12. The summed E-state index contributed by atoms with van der Waals surface area (Å²) in [5.74, 6) is 0. The van der Waals surface area contributed by atoms with E-state index in [0.29, 0.717) is 0 Å². The average molecular weight is 301 g/mol. The van der Waals surface area contributed by atoms with Gasteiger partial charge in [-0.1, -0.05) is 41.9 Å². The van der Waals surface area contributed by atoms with Crippen molar-refractivity contribution in [3.63, 3.8) is 0 Å². The van der Waals surface area contributed by atoms with E-state index in [1.165, 1.54) is 35.2 Å². The highest BCUT2D eigenvalue weighted by Gasteiger charge is 2.13. The molecule has 0 unspecified atom stereocenters. The minimum absolute atomic E-state index is 0.281. The summed E-state index contributed by atoms with van der Waals surface area (Å²) in [4.78, 5) is 0. The lowest BCUT2D eigenvalue weighted by atomic mass is 9.99. The van der Waals surface area contributed by atoms with E-state index in [-0.39, 0.29) is 6.04 Å². The predicted molar refractivity (Wildman–Crippen MR) is 90.0 cm³/mol. The highest BCUT2D eigenvalue weighted by Crippen LogP contribution is 2.26. The van der Waals surface area contributed by atoms with Gasteiger partial charge in [0.1, 0.15) is 0 Å². The summed E-state index contributed by atoms with van der Waals surface area (Å²) in [5, 5.41) is 7.93. The van der Waals surface area contributed by atoms with Gasteiger partial charge in [-0.2, -0.15) is 0 Å². The zero-order valence-electron chi connectivity index (χ0n) is 12.3. The fourth-order valence-electron chi connectivity index (χ4n) is 2.89. The Hall–Kier alpha value is -1.51. The molecule has 3 heteroatoms. The molecule has 0 aliphatic carbocycles. The smallest absolute Gasteiger partial charge is 0.0418 e. The fraction of sp³-hybridized carbons (Fsp3) is 0.333. The molecule has 1 atom stereocenters. The molecule has 2 aromatic rings. The number of hydrogen-bond donors (Lipinski definition) is 2. The maximum absolute atomic E-state index is 6.06. The first kappa shape index (κ1) is 14.4. The Morgan fingerprint density at radius 3 is 2.95 bits per heavy atom. The topological polar surface area (TPSA) is 24.1 Å². The number of anilines is 1. The van der Waals surface area contributed by atoms with Crippen molar-refractivity contribution in [1.82, 2.24) is 5.32 Å². The SMILES string of the molecule is C[C@H](NCc1cccc2c1NCCC2)c1cccc(Cl)c1. The summed E-state index contributed by atoms with van der Waals surface area (Å²) in [6, 6.07) is 14.9. The molecule has 0 spiro atoms. The van der Waals surface area contributed by atoms with Crippen molar-refractivity contribution in [2.45, 2.75) is 32.4 Å². The third-order valence-electron chi connectivity index (χ3n) is 4.11. The number of fused-ring (bicyclic) bond motifs is 1. The van der Waals surface area contributed by atoms with E-state index in [9.17, 15) is 0 Å². The van der Waals surface area contributed by atoms with Crippen LogP contribution in [0.25, 0.3) is 0 Å². The van der Waals surface area contributed by atoms with Crippen molar-refractivity contribution < 1.29 is 0 Å². The van der Waals surface area contributed by atoms with Gasteiger partial charge >= 0.3 is 0 Å². The van der Waals surface area contributed by atoms with Crippen molar-refractivity contribution >= 4 is 17.3 Å². The van der Waals surface area contributed by atoms with E-state index in [0.717, 1.165) is 18.1 Å². The van der Waals surface area contributed by atoms with Crippen LogP contribution in [0.5, 0.6) is 0 Å². The fourth-order valence-corrected chi connectivity index (χ4v) is 3.08. The van der Waals surface area contributed by atoms with Crippen LogP contribution in [-0.4, -0.2) is 6.54 Å². The third kappa shape index (κ3) is 3.39. The second-order valence-corrected chi connectivity index (χ2v) is 6.08. The molecule has 0 radical (unpaired) electrons. The highest BCUT2D eigenvalue weighted by atomic mass is 35.5. The molecule has 21 heavy (non-hydrogen) atoms. The largest absolute Gasteiger partial charge is 0.385 e. The number of aryl methyl sites for hydroxylation is 1. The summed E-state index contributed by atoms with van der Waals surface area (Å²) in [7, 11) is 0. The molecule has 0 bridgehead atoms. The van der Waals surface area contributed by atoms with Crippen LogP contribution < -0.4 is 10.6 Å². The van der Waals surface area contributed by atoms with Gasteiger partial charge in [0.2, 0.25) is 0 Å². The molecule has 1 aliphatic heterocycles. The molecular formula is C18H21ClN2. The Kier molecular flexibility index (Phi) is 4.47. The number of para-hydroxylation sites is 1. The molecule has 2 aromatic carbocycles. The summed E-state index contributed by atoms with van der Waals surface area (Å²) in [6.07, 6.45) is 2.41. The van der Waals surface area contributed by atoms with Gasteiger partial charge in [-0.3, -0.25) is 0 Å². The lowest BCUT2D eigenvalue weighted by Gasteiger charge is -2.22. The first-order valence-electron chi connectivity index (χ1n) is 7.57. The molecule has 0 amide bonds. The second-order valence-electron chi connectivity index (χ2n) is 5.64. The summed E-state index contributed by atoms with van der Waals surface area (Å²) in [5.41, 5.74) is 5.34. The quantitative estimate of drug-likeness (QED) is 0.865. The predicted octanol–water partition coefficient (Wildman–Crippen LogP) is 4.55. The lowest BCUT2D eigenvalue weighted by molar-refractivity contribution is 0.574. The van der Waals surface area contributed by atoms with Crippen LogP contribution in [0.2, 0.25) is 5.02 Å². The van der Waals surface area contributed by atoms with Gasteiger partial charge in [-0.05, 0) is 48.6 Å². The molecule has 0 fully saturated rings. The minimum atomic E-state index is 0.281. The van der Waals surface area contributed by atoms with Crippen LogP contribution >= 0.6 is 11.6 Å². The number of halogens is 1. The Balaban J connectivity index is 1.70. The van der Waals surface area contributed by atoms with Gasteiger partial charge in [0.25, 0.3) is 0 Å². The Labute approximate surface area is 131 Å². The third-order valence-corrected chi connectivity index (χ3v) is 4.34. The van der Waals surface area contributed by atoms with Gasteiger partial charge in [-0.15, -0.1) is 0 Å². The summed E-state index contributed by atoms with van der Waals surface area (Å²) >= 11 is 6.06. The van der Waals surface area contributed by atoms with E-state index in [4.69, 9.17) is 11.6 Å². The molecule has 0 aromatic heterocycles. The zero-order chi connectivity index (χ0) is 14.7. The molecule has 0 saturated carbocycles. The summed E-state index contributed by atoms with van der Waals surface area (Å²) < 4.78 is 0. The molecule has 0 saturated heterocycles. The molecule has 1 aliphatic rings. The maximum atomic E-state index is 6.06. The zero-order valence-corrected chi connectivity index (χ0v) is 13.1. The van der Waals surface area contributed by atoms with Crippen molar-refractivity contribution in [2.24, 2.45) is 0 Å². The first-order chi connectivity index (χ1) is 10.2.